The Balaban J connectivity index is 0.000000186. The van der Waals surface area contributed by atoms with E-state index in [2.05, 4.69) is 113 Å². The van der Waals surface area contributed by atoms with Crippen LogP contribution in [0.5, 0.6) is 0 Å². The first-order chi connectivity index (χ1) is 67.8. The molecule has 20 aromatic rings. The standard InChI is InChI=1S/C20H19N2.C19H17N2.C18H15N2.C16H12N3.4C11H8N.4Ir/c1-15(2)13-18-9-6-10-19(22-18)17-11-12-21-20(14-17)16-7-4-3-5-8-16;1-14(2)17-9-6-10-18(21-17)16-11-12-20-19(13-16)15-7-4-3-5-8-15;1-2-16-9-6-10-17(20-16)15-11-12-19-18(13-15)14-7-4-3-5-8-14;1-12-17-10-8-15(19-12)14-7-9-18-16(11-14)13-5-3-2-4-6-13;4*1-2-6-10(7-3-1)11-8-4-5-9-12-11;;;;/h3-7,9-12,14-15H,13H2,1-2H3;3-7,9-14H,1-2H3;3-7,9-13H,2H2,1H3;2-5,7-11H,1H3;4*1-6,8-9H;;;;/q8*-1;;;;/i13D2,15D;1D3,14D;1D3;;;;;;;;;. The zero-order valence-corrected chi connectivity index (χ0v) is 82.9. The van der Waals surface area contributed by atoms with E-state index in [1.165, 1.54) is 6.92 Å². The van der Waals surface area contributed by atoms with E-state index in [0.29, 0.717) is 17.1 Å². The molecule has 0 aliphatic carbocycles. The quantitative estimate of drug-likeness (QED) is 0.0839. The van der Waals surface area contributed by atoms with Crippen LogP contribution in [0.2, 0.25) is 0 Å². The van der Waals surface area contributed by atoms with Gasteiger partial charge in [0.15, 0.2) is 0 Å². The molecule has 8 aromatic carbocycles. The van der Waals surface area contributed by atoms with E-state index >= 15 is 0 Å². The fourth-order valence-corrected chi connectivity index (χ4v) is 12.5. The molecule has 12 aromatic heterocycles. The number of benzene rings is 8. The number of aryl methyl sites for hydroxylation is 2. The second-order valence-electron chi connectivity index (χ2n) is 28.5. The third kappa shape index (κ3) is 33.4. The summed E-state index contributed by atoms with van der Waals surface area (Å²) in [5.41, 5.74) is 22.5. The van der Waals surface area contributed by atoms with Gasteiger partial charge in [0.1, 0.15) is 5.82 Å². The van der Waals surface area contributed by atoms with E-state index in [1.807, 2.05) is 347 Å². The molecule has 0 bridgehead atoms. The summed E-state index contributed by atoms with van der Waals surface area (Å²) in [6.45, 7) is 1.88. The Morgan fingerprint density at radius 1 is 0.254 bits per heavy atom. The molecule has 0 amide bonds. The van der Waals surface area contributed by atoms with Crippen molar-refractivity contribution >= 4 is 0 Å². The Bertz CT molecular complexity index is 6560. The van der Waals surface area contributed by atoms with Gasteiger partial charge in [-0.05, 0) is 190 Å². The maximum atomic E-state index is 8.25. The van der Waals surface area contributed by atoms with Crippen molar-refractivity contribution in [1.82, 2.24) is 64.8 Å². The van der Waals surface area contributed by atoms with Crippen molar-refractivity contribution in [2.24, 2.45) is 5.89 Å². The molecule has 0 aliphatic heterocycles. The molecule has 0 saturated heterocycles. The summed E-state index contributed by atoms with van der Waals surface area (Å²) in [6, 6.07) is 143. The Morgan fingerprint density at radius 2 is 0.515 bits per heavy atom. The monoisotopic (exact) mass is 2460 g/mol. The minimum Gasteiger partial charge on any atom is -0.305 e. The zero-order chi connectivity index (χ0) is 98.4. The first kappa shape index (κ1) is 89.3. The first-order valence-electron chi connectivity index (χ1n) is 46.8. The normalized spacial score (nSPS) is 11.9. The first-order valence-corrected chi connectivity index (χ1v) is 41.8. The van der Waals surface area contributed by atoms with Crippen molar-refractivity contribution in [1.29, 1.82) is 0 Å². The average molecular weight is 2460 g/mol. The predicted octanol–water partition coefficient (Wildman–Crippen LogP) is 27.2. The van der Waals surface area contributed by atoms with Gasteiger partial charge in [-0.15, -0.1) is 287 Å². The molecule has 4 radical (unpaired) electrons. The molecule has 20 rings (SSSR count). The van der Waals surface area contributed by atoms with Gasteiger partial charge in [0, 0.05) is 167 Å². The van der Waals surface area contributed by atoms with Gasteiger partial charge in [0.05, 0.1) is 22.8 Å². The zero-order valence-electron chi connectivity index (χ0n) is 83.3. The van der Waals surface area contributed by atoms with Crippen LogP contribution in [0.25, 0.3) is 135 Å². The Morgan fingerprint density at radius 3 is 0.791 bits per heavy atom. The summed E-state index contributed by atoms with van der Waals surface area (Å²) in [6.07, 6.45) is 13.9. The molecule has 672 valence electrons. The molecule has 0 aliphatic rings. The summed E-state index contributed by atoms with van der Waals surface area (Å²) in [7, 11) is 0. The molecule has 12 heterocycles. The maximum absolute atomic E-state index is 8.25. The SMILES string of the molecule is Cc1nccc(-c2ccnc(-c3[c-]cccc3)c2)n1.[2H]C(C)(C)C([2H])([2H])c1cccc(-c2ccnc(-c3[c-]cccc3)c2)n1.[2H]C([2H])([2H])C([2H])(C)c1cccc(-c2ccnc(-c3[c-]cccc3)c2)n1.[2H]C([2H])([2H])Cc1cccc(-c2ccnc(-c3[c-]cccc3)c2)n1.[Ir].[Ir].[Ir].[Ir].[c-]1ccccc1-c1ccccn1.[c-]1ccccc1-c1ccccn1.[c-]1ccccc1-c1ccccn1.[c-]1ccccc1-c1ccccn1. The number of pyridine rings is 11. The molecular weight excluding hydrogens is 2360 g/mol. The molecule has 17 heteroatoms. The molecule has 0 spiro atoms. The summed E-state index contributed by atoms with van der Waals surface area (Å²) in [5.74, 6) is -2.30. The van der Waals surface area contributed by atoms with Crippen LogP contribution in [0, 0.1) is 61.3 Å². The Hall–Kier alpha value is -13.9. The third-order valence-electron chi connectivity index (χ3n) is 18.8. The molecular formula is C117H95Ir4N13-8. The molecule has 1 atom stereocenters. The van der Waals surface area contributed by atoms with Gasteiger partial charge in [-0.2, -0.15) is 0 Å². The Kier molecular flexibility index (Phi) is 38.3. The van der Waals surface area contributed by atoms with E-state index < -0.39 is 31.9 Å². The van der Waals surface area contributed by atoms with Crippen LogP contribution in [0.15, 0.2) is 432 Å². The van der Waals surface area contributed by atoms with Crippen LogP contribution in [0.1, 0.15) is 77.0 Å². The van der Waals surface area contributed by atoms with Crippen LogP contribution in [-0.2, 0) is 93.2 Å². The molecule has 13 nitrogen and oxygen atoms in total. The van der Waals surface area contributed by atoms with Crippen molar-refractivity contribution in [3.63, 3.8) is 0 Å². The van der Waals surface area contributed by atoms with Crippen LogP contribution >= 0.6 is 0 Å². The van der Waals surface area contributed by atoms with Gasteiger partial charge >= 0.3 is 0 Å². The van der Waals surface area contributed by atoms with Crippen LogP contribution in [0.3, 0.4) is 0 Å². The van der Waals surface area contributed by atoms with Gasteiger partial charge in [-0.3, -0.25) is 15.0 Å². The fraction of sp³-hybridized carbons (Fsp3) is 0.0855. The summed E-state index contributed by atoms with van der Waals surface area (Å²) in [4.78, 5) is 56.3. The fourth-order valence-electron chi connectivity index (χ4n) is 12.5. The summed E-state index contributed by atoms with van der Waals surface area (Å²) >= 11 is 0. The van der Waals surface area contributed by atoms with Crippen molar-refractivity contribution < 1.29 is 94.1 Å². The molecule has 134 heavy (non-hydrogen) atoms. The average Bonchev–Trinajstić information content (AvgIpc) is 0.787. The number of nitrogens with zero attached hydrogens (tertiary/aromatic N) is 13. The maximum Gasteiger partial charge on any atom is 0.125 e. The third-order valence-corrected chi connectivity index (χ3v) is 18.8. The van der Waals surface area contributed by atoms with E-state index in [4.69, 9.17) is 13.7 Å². The van der Waals surface area contributed by atoms with Crippen LogP contribution in [0.4, 0.5) is 0 Å². The smallest absolute Gasteiger partial charge is 0.125 e. The summed E-state index contributed by atoms with van der Waals surface area (Å²) < 4.78 is 77.7. The van der Waals surface area contributed by atoms with Crippen molar-refractivity contribution in [3.05, 3.63) is 503 Å². The van der Waals surface area contributed by atoms with Gasteiger partial charge in [-0.1, -0.05) is 125 Å². The number of hydrogen-bond acceptors (Lipinski definition) is 13. The number of rotatable bonds is 16. The van der Waals surface area contributed by atoms with Crippen molar-refractivity contribution in [2.45, 2.75) is 60.1 Å². The summed E-state index contributed by atoms with van der Waals surface area (Å²) in [5, 5.41) is 0. The van der Waals surface area contributed by atoms with Gasteiger partial charge in [0.25, 0.3) is 0 Å². The van der Waals surface area contributed by atoms with Gasteiger partial charge in [-0.25, -0.2) is 9.97 Å². The van der Waals surface area contributed by atoms with E-state index in [9.17, 15) is 0 Å². The number of aromatic nitrogens is 13. The minimum atomic E-state index is -2.46. The second-order valence-corrected chi connectivity index (χ2v) is 28.5. The van der Waals surface area contributed by atoms with Gasteiger partial charge < -0.3 is 39.9 Å². The molecule has 0 fully saturated rings. The second kappa shape index (κ2) is 57.4. The molecule has 0 N–H and O–H groups in total. The van der Waals surface area contributed by atoms with Crippen molar-refractivity contribution in [2.75, 3.05) is 0 Å². The molecule has 1 unspecified atom stereocenters. The topological polar surface area (TPSA) is 168 Å². The van der Waals surface area contributed by atoms with Gasteiger partial charge in [0.2, 0.25) is 0 Å². The van der Waals surface area contributed by atoms with E-state index in [-0.39, 0.29) is 98.2 Å². The van der Waals surface area contributed by atoms with E-state index in [0.717, 1.165) is 130 Å². The Labute approximate surface area is 856 Å². The predicted molar refractivity (Wildman–Crippen MR) is 526 cm³/mol. The van der Waals surface area contributed by atoms with Crippen LogP contribution in [-0.4, -0.2) is 64.8 Å². The minimum absolute atomic E-state index is 0. The van der Waals surface area contributed by atoms with Crippen LogP contribution < -0.4 is 0 Å². The number of hydrogen-bond donors (Lipinski definition) is 0. The molecule has 0 saturated carbocycles. The van der Waals surface area contributed by atoms with E-state index in [1.54, 1.807) is 106 Å². The largest absolute Gasteiger partial charge is 0.305 e. The van der Waals surface area contributed by atoms with Crippen molar-refractivity contribution in [3.8, 4) is 135 Å².